The van der Waals surface area contributed by atoms with Crippen LogP contribution in [0, 0.1) is 22.7 Å². The van der Waals surface area contributed by atoms with E-state index in [1.165, 1.54) is 11.3 Å². The lowest BCUT2D eigenvalue weighted by atomic mass is 9.85. The average molecular weight is 326 g/mol. The molecule has 0 spiro atoms. The van der Waals surface area contributed by atoms with Crippen molar-refractivity contribution in [3.05, 3.63) is 34.9 Å². The maximum Gasteiger partial charge on any atom is 0.209 e. The van der Waals surface area contributed by atoms with Crippen molar-refractivity contribution in [1.82, 2.24) is 9.80 Å². The summed E-state index contributed by atoms with van der Waals surface area (Å²) in [7, 11) is 3.38. The number of carbonyl (C=O) groups excluding carboxylic acids is 1. The SMILES string of the molecule is CCCN1CCC(c2cccc(C#N)c2C#N)CC1.CN(C)C=O. The Morgan fingerprint density at radius 3 is 2.33 bits per heavy atom. The Labute approximate surface area is 145 Å². The number of amides is 1. The second-order valence-corrected chi connectivity index (χ2v) is 6.18. The molecular weight excluding hydrogens is 300 g/mol. The van der Waals surface area contributed by atoms with E-state index in [2.05, 4.69) is 24.0 Å². The summed E-state index contributed by atoms with van der Waals surface area (Å²) in [5, 5.41) is 18.4. The minimum atomic E-state index is 0.427. The van der Waals surface area contributed by atoms with E-state index in [4.69, 9.17) is 5.26 Å². The van der Waals surface area contributed by atoms with Gasteiger partial charge in [-0.05, 0) is 56.4 Å². The number of hydrogen-bond donors (Lipinski definition) is 0. The number of benzene rings is 1. The molecule has 1 fully saturated rings. The zero-order valence-electron chi connectivity index (χ0n) is 14.8. The molecule has 0 radical (unpaired) electrons. The van der Waals surface area contributed by atoms with Gasteiger partial charge in [0.2, 0.25) is 6.41 Å². The van der Waals surface area contributed by atoms with Gasteiger partial charge in [-0.25, -0.2) is 0 Å². The van der Waals surface area contributed by atoms with E-state index in [1.807, 2.05) is 12.1 Å². The van der Waals surface area contributed by atoms with E-state index in [1.54, 1.807) is 20.2 Å². The number of nitriles is 2. The lowest BCUT2D eigenvalue weighted by Crippen LogP contribution is -2.33. The van der Waals surface area contributed by atoms with Crippen molar-refractivity contribution in [2.75, 3.05) is 33.7 Å². The Morgan fingerprint density at radius 1 is 1.25 bits per heavy atom. The van der Waals surface area contributed by atoms with Crippen LogP contribution in [0.1, 0.15) is 48.8 Å². The summed E-state index contributed by atoms with van der Waals surface area (Å²) in [4.78, 5) is 13.4. The zero-order valence-corrected chi connectivity index (χ0v) is 14.8. The maximum absolute atomic E-state index is 9.43. The van der Waals surface area contributed by atoms with Gasteiger partial charge in [-0.15, -0.1) is 0 Å². The molecule has 24 heavy (non-hydrogen) atoms. The first-order valence-corrected chi connectivity index (χ1v) is 8.34. The molecule has 0 saturated carbocycles. The second kappa shape index (κ2) is 10.4. The van der Waals surface area contributed by atoms with Gasteiger partial charge >= 0.3 is 0 Å². The van der Waals surface area contributed by atoms with Gasteiger partial charge in [-0.2, -0.15) is 10.5 Å². The summed E-state index contributed by atoms with van der Waals surface area (Å²) >= 11 is 0. The predicted molar refractivity (Wildman–Crippen MR) is 94.3 cm³/mol. The third-order valence-corrected chi connectivity index (χ3v) is 4.11. The van der Waals surface area contributed by atoms with Crippen molar-refractivity contribution in [2.45, 2.75) is 32.1 Å². The van der Waals surface area contributed by atoms with Crippen LogP contribution in [0.15, 0.2) is 18.2 Å². The Hall–Kier alpha value is -2.37. The Kier molecular flexibility index (Phi) is 8.54. The minimum Gasteiger partial charge on any atom is -0.351 e. The van der Waals surface area contributed by atoms with E-state index in [-0.39, 0.29) is 0 Å². The molecule has 1 aliphatic rings. The summed E-state index contributed by atoms with van der Waals surface area (Å²) in [6.07, 6.45) is 4.12. The normalized spacial score (nSPS) is 14.7. The first kappa shape index (κ1) is 19.7. The molecule has 0 aromatic heterocycles. The number of carbonyl (C=O) groups is 1. The smallest absolute Gasteiger partial charge is 0.209 e. The van der Waals surface area contributed by atoms with Gasteiger partial charge in [0.1, 0.15) is 12.1 Å². The molecule has 1 aromatic rings. The van der Waals surface area contributed by atoms with Crippen LogP contribution in [0.25, 0.3) is 0 Å². The summed E-state index contributed by atoms with van der Waals surface area (Å²) in [6.45, 7) is 5.56. The van der Waals surface area contributed by atoms with Gasteiger partial charge in [0.25, 0.3) is 0 Å². The number of likely N-dealkylation sites (tertiary alicyclic amines) is 1. The number of nitrogens with zero attached hydrogens (tertiary/aromatic N) is 4. The number of hydrogen-bond acceptors (Lipinski definition) is 4. The van der Waals surface area contributed by atoms with Crippen LogP contribution >= 0.6 is 0 Å². The van der Waals surface area contributed by atoms with Crippen LogP contribution in [-0.4, -0.2) is 49.9 Å². The van der Waals surface area contributed by atoms with Crippen LogP contribution in [-0.2, 0) is 4.79 Å². The molecule has 2 rings (SSSR count). The summed E-state index contributed by atoms with van der Waals surface area (Å²) in [5.74, 6) is 0.427. The molecule has 0 bridgehead atoms. The van der Waals surface area contributed by atoms with Crippen LogP contribution in [0.3, 0.4) is 0 Å². The van der Waals surface area contributed by atoms with Crippen LogP contribution in [0.2, 0.25) is 0 Å². The Bertz CT molecular complexity index is 605. The molecule has 1 saturated heterocycles. The fourth-order valence-electron chi connectivity index (χ4n) is 2.91. The minimum absolute atomic E-state index is 0.427. The zero-order chi connectivity index (χ0) is 17.9. The Balaban J connectivity index is 0.000000505. The highest BCUT2D eigenvalue weighted by molar-refractivity contribution is 5.51. The monoisotopic (exact) mass is 326 g/mol. The molecule has 0 aliphatic carbocycles. The highest BCUT2D eigenvalue weighted by Crippen LogP contribution is 2.31. The summed E-state index contributed by atoms with van der Waals surface area (Å²) < 4.78 is 0. The molecule has 0 atom stereocenters. The lowest BCUT2D eigenvalue weighted by Gasteiger charge is -2.32. The van der Waals surface area contributed by atoms with E-state index in [9.17, 15) is 10.1 Å². The van der Waals surface area contributed by atoms with Crippen LogP contribution < -0.4 is 0 Å². The first-order valence-electron chi connectivity index (χ1n) is 8.34. The molecule has 5 nitrogen and oxygen atoms in total. The van der Waals surface area contributed by atoms with E-state index < -0.39 is 0 Å². The van der Waals surface area contributed by atoms with Gasteiger partial charge in [-0.1, -0.05) is 19.1 Å². The Morgan fingerprint density at radius 2 is 1.88 bits per heavy atom. The fourth-order valence-corrected chi connectivity index (χ4v) is 2.91. The molecule has 128 valence electrons. The third-order valence-electron chi connectivity index (χ3n) is 4.11. The van der Waals surface area contributed by atoms with Crippen molar-refractivity contribution in [2.24, 2.45) is 0 Å². The predicted octanol–water partition coefficient (Wildman–Crippen LogP) is 2.72. The second-order valence-electron chi connectivity index (χ2n) is 6.18. The molecule has 1 heterocycles. The standard InChI is InChI=1S/C16H19N3.C3H7NO/c1-2-8-19-9-6-13(7-10-19)15-5-3-4-14(11-17)16(15)12-18;1-4(2)3-5/h3-5,13H,2,6-10H2,1H3;3H,1-2H3. The first-order chi connectivity index (χ1) is 11.6. The number of rotatable bonds is 4. The van der Waals surface area contributed by atoms with Crippen molar-refractivity contribution in [3.63, 3.8) is 0 Å². The van der Waals surface area contributed by atoms with E-state index in [0.717, 1.165) is 44.4 Å². The molecule has 0 unspecified atom stereocenters. The highest BCUT2D eigenvalue weighted by atomic mass is 16.1. The van der Waals surface area contributed by atoms with E-state index in [0.29, 0.717) is 17.0 Å². The van der Waals surface area contributed by atoms with Gasteiger partial charge in [0, 0.05) is 14.1 Å². The van der Waals surface area contributed by atoms with Gasteiger partial charge < -0.3 is 9.80 Å². The molecule has 1 aromatic carbocycles. The van der Waals surface area contributed by atoms with Crippen molar-refractivity contribution >= 4 is 6.41 Å². The van der Waals surface area contributed by atoms with Crippen molar-refractivity contribution in [3.8, 4) is 12.1 Å². The lowest BCUT2D eigenvalue weighted by molar-refractivity contribution is -0.115. The summed E-state index contributed by atoms with van der Waals surface area (Å²) in [6, 6.07) is 9.97. The molecule has 5 heteroatoms. The van der Waals surface area contributed by atoms with Crippen molar-refractivity contribution in [1.29, 1.82) is 10.5 Å². The molecule has 0 N–H and O–H groups in total. The van der Waals surface area contributed by atoms with Gasteiger partial charge in [0.15, 0.2) is 0 Å². The third kappa shape index (κ3) is 5.68. The maximum atomic E-state index is 9.43. The fraction of sp³-hybridized carbons (Fsp3) is 0.526. The molecule has 1 amide bonds. The summed E-state index contributed by atoms with van der Waals surface area (Å²) in [5.41, 5.74) is 2.16. The largest absolute Gasteiger partial charge is 0.351 e. The molecular formula is C19H26N4O. The van der Waals surface area contributed by atoms with E-state index >= 15 is 0 Å². The quantitative estimate of drug-likeness (QED) is 0.798. The van der Waals surface area contributed by atoms with Crippen molar-refractivity contribution < 1.29 is 4.79 Å². The van der Waals surface area contributed by atoms with Gasteiger partial charge in [0.05, 0.1) is 11.1 Å². The highest BCUT2D eigenvalue weighted by Gasteiger charge is 2.23. The molecule has 1 aliphatic heterocycles. The van der Waals surface area contributed by atoms with Crippen LogP contribution in [0.4, 0.5) is 0 Å². The van der Waals surface area contributed by atoms with Gasteiger partial charge in [-0.3, -0.25) is 4.79 Å². The average Bonchev–Trinajstić information content (AvgIpc) is 2.62. The topological polar surface area (TPSA) is 71.1 Å². The number of piperidine rings is 1. The van der Waals surface area contributed by atoms with Crippen LogP contribution in [0.5, 0.6) is 0 Å².